The van der Waals surface area contributed by atoms with E-state index in [-0.39, 0.29) is 76.3 Å². The van der Waals surface area contributed by atoms with Gasteiger partial charge in [0.1, 0.15) is 73.2 Å². The second-order valence-electron chi connectivity index (χ2n) is 8.19. The summed E-state index contributed by atoms with van der Waals surface area (Å²) in [7, 11) is 0. The Balaban J connectivity index is 0.000000109. The maximum Gasteiger partial charge on any atom is 0.114 e. The quantitative estimate of drug-likeness (QED) is 0.214. The van der Waals surface area contributed by atoms with Gasteiger partial charge in [0.25, 0.3) is 0 Å². The zero-order valence-corrected chi connectivity index (χ0v) is 16.3. The molecule has 30 heavy (non-hydrogen) atoms. The fraction of sp³-hybridized carbons (Fsp3) is 1.00. The van der Waals surface area contributed by atoms with E-state index in [9.17, 15) is 0 Å². The maximum atomic E-state index is 9.16. The Morgan fingerprint density at radius 2 is 0.433 bits per heavy atom. The van der Waals surface area contributed by atoms with Gasteiger partial charge in [0.2, 0.25) is 0 Å². The molecule has 0 radical (unpaired) electrons. The van der Waals surface area contributed by atoms with Gasteiger partial charge in [-0.3, -0.25) is 0 Å². The van der Waals surface area contributed by atoms with Crippen molar-refractivity contribution in [3.8, 4) is 0 Å². The van der Waals surface area contributed by atoms with Gasteiger partial charge in [-0.05, 0) is 0 Å². The summed E-state index contributed by atoms with van der Waals surface area (Å²) in [6.45, 7) is 1.70. The summed E-state index contributed by atoms with van der Waals surface area (Å²) >= 11 is 0. The zero-order chi connectivity index (χ0) is 21.4. The molecule has 6 saturated heterocycles. The lowest BCUT2D eigenvalue weighted by Gasteiger charge is -2.09. The van der Waals surface area contributed by atoms with Crippen molar-refractivity contribution in [1.29, 1.82) is 0 Å². The highest BCUT2D eigenvalue weighted by molar-refractivity contribution is 4.95. The highest BCUT2D eigenvalue weighted by Crippen LogP contribution is 2.28. The zero-order valence-electron chi connectivity index (χ0n) is 16.3. The Labute approximate surface area is 172 Å². The van der Waals surface area contributed by atoms with Crippen LogP contribution in [0, 0.1) is 0 Å². The highest BCUT2D eigenvalue weighted by atomic mass is 16.6. The largest absolute Gasteiger partial charge is 0.388 e. The van der Waals surface area contributed by atoms with Gasteiger partial charge in [0, 0.05) is 0 Å². The summed E-state index contributed by atoms with van der Waals surface area (Å²) < 4.78 is 30.5. The van der Waals surface area contributed by atoms with Crippen molar-refractivity contribution in [1.82, 2.24) is 0 Å². The van der Waals surface area contributed by atoms with E-state index in [1.165, 1.54) is 0 Å². The van der Waals surface area contributed by atoms with Crippen LogP contribution in [-0.4, -0.2) is 144 Å². The van der Waals surface area contributed by atoms with Crippen molar-refractivity contribution >= 4 is 0 Å². The summed E-state index contributed by atoms with van der Waals surface area (Å²) in [6, 6.07) is 0. The molecular formula is C18H30O12. The summed E-state index contributed by atoms with van der Waals surface area (Å²) in [5.41, 5.74) is 0. The topological polar surface area (TPSA) is 177 Å². The number of aliphatic hydroxyl groups is 6. The molecule has 174 valence electrons. The standard InChI is InChI=1S/3C6H10O4/c3*7-3-1-9-6-4(8)2-10-5(3)6/h3*3-8H,1-2H2/t2*3-,4+,5?,6?;3-,4-,5?,6?/m..0/s1. The van der Waals surface area contributed by atoms with Crippen LogP contribution < -0.4 is 0 Å². The molecule has 0 saturated carbocycles. The number of fused-ring (bicyclic) bond motifs is 3. The van der Waals surface area contributed by atoms with E-state index in [2.05, 4.69) is 0 Å². The van der Waals surface area contributed by atoms with E-state index >= 15 is 0 Å². The molecule has 6 rings (SSSR count). The normalized spacial score (nSPS) is 53.4. The van der Waals surface area contributed by atoms with E-state index in [0.717, 1.165) is 0 Å². The van der Waals surface area contributed by atoms with Crippen LogP contribution in [0.3, 0.4) is 0 Å². The minimum Gasteiger partial charge on any atom is -0.388 e. The van der Waals surface area contributed by atoms with Crippen molar-refractivity contribution in [3.63, 3.8) is 0 Å². The van der Waals surface area contributed by atoms with Gasteiger partial charge in [-0.2, -0.15) is 0 Å². The Morgan fingerprint density at radius 1 is 0.300 bits per heavy atom. The number of ether oxygens (including phenoxy) is 6. The first kappa shape index (κ1) is 22.7. The average Bonchev–Trinajstić information content (AvgIpc) is 3.52. The first-order valence-corrected chi connectivity index (χ1v) is 10.1. The smallest absolute Gasteiger partial charge is 0.114 e. The predicted octanol–water partition coefficient (Wildman–Crippen LogP) is -4.48. The number of rotatable bonds is 0. The summed E-state index contributed by atoms with van der Waals surface area (Å²) in [4.78, 5) is 0. The number of hydrogen-bond acceptors (Lipinski definition) is 12. The molecule has 6 N–H and O–H groups in total. The Hall–Kier alpha value is -0.480. The lowest BCUT2D eigenvalue weighted by Crippen LogP contribution is -2.30. The highest BCUT2D eigenvalue weighted by Gasteiger charge is 2.47. The molecule has 0 aromatic heterocycles. The molecule has 6 unspecified atom stereocenters. The first-order chi connectivity index (χ1) is 14.4. The van der Waals surface area contributed by atoms with E-state index < -0.39 is 36.6 Å². The van der Waals surface area contributed by atoms with E-state index in [4.69, 9.17) is 59.1 Å². The van der Waals surface area contributed by atoms with Crippen molar-refractivity contribution in [2.45, 2.75) is 73.2 Å². The maximum absolute atomic E-state index is 9.16. The molecular weight excluding hydrogens is 408 g/mol. The lowest BCUT2D eigenvalue weighted by atomic mass is 10.1. The van der Waals surface area contributed by atoms with Crippen LogP contribution in [-0.2, 0) is 28.4 Å². The van der Waals surface area contributed by atoms with Gasteiger partial charge < -0.3 is 59.1 Å². The van der Waals surface area contributed by atoms with E-state index in [0.29, 0.717) is 0 Å². The van der Waals surface area contributed by atoms with Crippen molar-refractivity contribution in [3.05, 3.63) is 0 Å². The monoisotopic (exact) mass is 438 g/mol. The molecule has 0 aliphatic carbocycles. The third kappa shape index (κ3) is 4.51. The first-order valence-electron chi connectivity index (χ1n) is 10.1. The lowest BCUT2D eigenvalue weighted by molar-refractivity contribution is 0.00201. The Morgan fingerprint density at radius 3 is 0.567 bits per heavy atom. The molecule has 6 aliphatic rings. The summed E-state index contributed by atoms with van der Waals surface area (Å²) in [5.74, 6) is 0. The van der Waals surface area contributed by atoms with Gasteiger partial charge >= 0.3 is 0 Å². The molecule has 12 heteroatoms. The van der Waals surface area contributed by atoms with Gasteiger partial charge in [-0.15, -0.1) is 0 Å². The fourth-order valence-corrected chi connectivity index (χ4v) is 4.38. The number of hydrogen-bond donors (Lipinski definition) is 6. The molecule has 0 spiro atoms. The molecule has 0 amide bonds. The van der Waals surface area contributed by atoms with Crippen LogP contribution in [0.2, 0.25) is 0 Å². The third-order valence-electron chi connectivity index (χ3n) is 6.00. The minimum atomic E-state index is -0.554. The second-order valence-corrected chi connectivity index (χ2v) is 8.19. The van der Waals surface area contributed by atoms with Crippen LogP contribution in [0.1, 0.15) is 0 Å². The molecule has 12 nitrogen and oxygen atoms in total. The summed E-state index contributed by atoms with van der Waals surface area (Å²) in [6.07, 6.45) is -5.10. The predicted molar refractivity (Wildman–Crippen MR) is 94.5 cm³/mol. The van der Waals surface area contributed by atoms with Crippen LogP contribution in [0.4, 0.5) is 0 Å². The second kappa shape index (κ2) is 9.57. The Kier molecular flexibility index (Phi) is 7.24. The van der Waals surface area contributed by atoms with Gasteiger partial charge in [-0.25, -0.2) is 0 Å². The van der Waals surface area contributed by atoms with Crippen molar-refractivity contribution in [2.24, 2.45) is 0 Å². The Bertz CT molecular complexity index is 441. The molecule has 0 aromatic carbocycles. The molecule has 0 bridgehead atoms. The fourth-order valence-electron chi connectivity index (χ4n) is 4.38. The van der Waals surface area contributed by atoms with Crippen molar-refractivity contribution < 1.29 is 59.1 Å². The van der Waals surface area contributed by atoms with Gasteiger partial charge in [0.05, 0.1) is 39.6 Å². The van der Waals surface area contributed by atoms with Crippen LogP contribution in [0.15, 0.2) is 0 Å². The average molecular weight is 438 g/mol. The SMILES string of the molecule is O[C@@H]1COC2C1OC[C@@H]2O.O[C@@H]1COC2C1OC[C@@H]2O.O[C@H]1COC2C1OC[C@@H]2O. The van der Waals surface area contributed by atoms with Crippen molar-refractivity contribution in [2.75, 3.05) is 39.6 Å². The van der Waals surface area contributed by atoms with Crippen LogP contribution in [0.5, 0.6) is 0 Å². The van der Waals surface area contributed by atoms with E-state index in [1.807, 2.05) is 0 Å². The number of aliphatic hydroxyl groups excluding tert-OH is 6. The molecule has 0 aromatic rings. The van der Waals surface area contributed by atoms with Crippen LogP contribution in [0.25, 0.3) is 0 Å². The molecule has 6 heterocycles. The molecule has 6 aliphatic heterocycles. The van der Waals surface area contributed by atoms with Crippen LogP contribution >= 0.6 is 0 Å². The van der Waals surface area contributed by atoms with E-state index in [1.54, 1.807) is 0 Å². The minimum absolute atomic E-state index is 0.284. The molecule has 6 fully saturated rings. The third-order valence-corrected chi connectivity index (χ3v) is 6.00. The summed E-state index contributed by atoms with van der Waals surface area (Å²) in [5, 5.41) is 54.9. The van der Waals surface area contributed by atoms with Gasteiger partial charge in [0.15, 0.2) is 0 Å². The molecule has 12 atom stereocenters. The van der Waals surface area contributed by atoms with Gasteiger partial charge in [-0.1, -0.05) is 0 Å².